The van der Waals surface area contributed by atoms with Crippen LogP contribution in [-0.4, -0.2) is 40.8 Å². The third kappa shape index (κ3) is 2.05. The number of carbonyl (C=O) groups excluding carboxylic acids is 1. The normalized spacial score (nSPS) is 34.1. The van der Waals surface area contributed by atoms with E-state index in [0.717, 1.165) is 0 Å². The first-order valence-corrected chi connectivity index (χ1v) is 4.10. The number of rotatable bonds is 3. The van der Waals surface area contributed by atoms with Gasteiger partial charge in [0.05, 0.1) is 12.7 Å². The molecule has 0 saturated carbocycles. The van der Waals surface area contributed by atoms with E-state index in [0.29, 0.717) is 12.7 Å². The third-order valence-corrected chi connectivity index (χ3v) is 2.20. The number of aliphatic hydroxyl groups is 1. The van der Waals surface area contributed by atoms with E-state index in [9.17, 15) is 14.7 Å². The number of hydrogen-bond donors (Lipinski definition) is 2. The van der Waals surface area contributed by atoms with Crippen molar-refractivity contribution in [1.82, 2.24) is 0 Å². The second-order valence-electron chi connectivity index (χ2n) is 3.17. The lowest BCUT2D eigenvalue weighted by Crippen LogP contribution is -2.48. The van der Waals surface area contributed by atoms with Crippen molar-refractivity contribution in [2.75, 3.05) is 6.61 Å². The molecule has 1 heterocycles. The summed E-state index contributed by atoms with van der Waals surface area (Å²) in [6.07, 6.45) is 0.0188. The molecule has 0 bridgehead atoms. The average Bonchev–Trinajstić information content (AvgIpc) is 2.04. The van der Waals surface area contributed by atoms with Crippen LogP contribution < -0.4 is 0 Å². The Hall–Kier alpha value is -0.940. The molecule has 0 radical (unpaired) electrons. The Bertz CT molecular complexity index is 215. The maximum Gasteiger partial charge on any atom is 0.336 e. The summed E-state index contributed by atoms with van der Waals surface area (Å²) in [6, 6.07) is 0. The highest BCUT2D eigenvalue weighted by Gasteiger charge is 2.43. The van der Waals surface area contributed by atoms with E-state index >= 15 is 0 Å². The molecule has 1 aliphatic rings. The Kier molecular flexibility index (Phi) is 3.00. The minimum atomic E-state index is -1.50. The SMILES string of the molecule is O=CCC1(C(=O)O)CC(O)CCO1. The Morgan fingerprint density at radius 1 is 1.69 bits per heavy atom. The van der Waals surface area contributed by atoms with E-state index in [-0.39, 0.29) is 19.4 Å². The summed E-state index contributed by atoms with van der Waals surface area (Å²) in [7, 11) is 0. The molecule has 5 nitrogen and oxygen atoms in total. The number of carbonyl (C=O) groups is 2. The van der Waals surface area contributed by atoms with Gasteiger partial charge in [0, 0.05) is 12.8 Å². The van der Waals surface area contributed by atoms with Crippen molar-refractivity contribution in [3.05, 3.63) is 0 Å². The smallest absolute Gasteiger partial charge is 0.336 e. The van der Waals surface area contributed by atoms with Crippen molar-refractivity contribution < 1.29 is 24.5 Å². The summed E-state index contributed by atoms with van der Waals surface area (Å²) in [5, 5.41) is 18.1. The lowest BCUT2D eigenvalue weighted by molar-refractivity contribution is -0.181. The Morgan fingerprint density at radius 3 is 2.85 bits per heavy atom. The monoisotopic (exact) mass is 188 g/mol. The standard InChI is InChI=1S/C8H12O5/c9-3-2-8(7(11)12)5-6(10)1-4-13-8/h3,6,10H,1-2,4-5H2,(H,11,12). The number of aliphatic hydroxyl groups excluding tert-OH is 1. The summed E-state index contributed by atoms with van der Waals surface area (Å²) in [5.41, 5.74) is -1.50. The van der Waals surface area contributed by atoms with E-state index in [1.807, 2.05) is 0 Å². The molecule has 1 saturated heterocycles. The number of carboxylic acids is 1. The summed E-state index contributed by atoms with van der Waals surface area (Å²) < 4.78 is 5.05. The molecular formula is C8H12O5. The van der Waals surface area contributed by atoms with Crippen LogP contribution in [0.4, 0.5) is 0 Å². The van der Waals surface area contributed by atoms with Crippen molar-refractivity contribution in [2.24, 2.45) is 0 Å². The predicted molar refractivity (Wildman–Crippen MR) is 42.2 cm³/mol. The molecular weight excluding hydrogens is 176 g/mol. The second kappa shape index (κ2) is 3.85. The molecule has 13 heavy (non-hydrogen) atoms. The van der Waals surface area contributed by atoms with E-state index in [2.05, 4.69) is 0 Å². The van der Waals surface area contributed by atoms with Crippen molar-refractivity contribution in [3.8, 4) is 0 Å². The van der Waals surface area contributed by atoms with Gasteiger partial charge in [-0.05, 0) is 6.42 Å². The van der Waals surface area contributed by atoms with Crippen LogP contribution in [0.2, 0.25) is 0 Å². The molecule has 2 unspecified atom stereocenters. The van der Waals surface area contributed by atoms with E-state index in [4.69, 9.17) is 9.84 Å². The van der Waals surface area contributed by atoms with Crippen molar-refractivity contribution >= 4 is 12.3 Å². The Morgan fingerprint density at radius 2 is 2.38 bits per heavy atom. The first kappa shape index (κ1) is 10.1. The van der Waals surface area contributed by atoms with Gasteiger partial charge in [0.25, 0.3) is 0 Å². The van der Waals surface area contributed by atoms with Gasteiger partial charge in [0.1, 0.15) is 6.29 Å². The molecule has 1 rings (SSSR count). The largest absolute Gasteiger partial charge is 0.479 e. The lowest BCUT2D eigenvalue weighted by atomic mass is 9.89. The van der Waals surface area contributed by atoms with Crippen molar-refractivity contribution in [1.29, 1.82) is 0 Å². The van der Waals surface area contributed by atoms with E-state index < -0.39 is 17.7 Å². The van der Waals surface area contributed by atoms with Gasteiger partial charge in [0.15, 0.2) is 5.60 Å². The summed E-state index contributed by atoms with van der Waals surface area (Å²) in [6.45, 7) is 0.182. The molecule has 5 heteroatoms. The van der Waals surface area contributed by atoms with Crippen molar-refractivity contribution in [3.63, 3.8) is 0 Å². The van der Waals surface area contributed by atoms with Crippen LogP contribution in [0.1, 0.15) is 19.3 Å². The van der Waals surface area contributed by atoms with Crippen LogP contribution in [0.25, 0.3) is 0 Å². The molecule has 1 fully saturated rings. The molecule has 74 valence electrons. The molecule has 2 N–H and O–H groups in total. The third-order valence-electron chi connectivity index (χ3n) is 2.20. The first-order chi connectivity index (χ1) is 6.10. The molecule has 0 aliphatic carbocycles. The van der Waals surface area contributed by atoms with Crippen LogP contribution in [0, 0.1) is 0 Å². The minimum absolute atomic E-state index is 0.0128. The predicted octanol–water partition coefficient (Wildman–Crippen LogP) is -0.430. The van der Waals surface area contributed by atoms with Crippen LogP contribution in [0.15, 0.2) is 0 Å². The number of aliphatic carboxylic acids is 1. The van der Waals surface area contributed by atoms with Crippen molar-refractivity contribution in [2.45, 2.75) is 31.0 Å². The molecule has 0 aromatic heterocycles. The maximum absolute atomic E-state index is 10.8. The van der Waals surface area contributed by atoms with Crippen LogP contribution >= 0.6 is 0 Å². The number of aldehydes is 1. The number of ether oxygens (including phenoxy) is 1. The molecule has 0 aromatic carbocycles. The van der Waals surface area contributed by atoms with Gasteiger partial charge < -0.3 is 19.7 Å². The zero-order valence-electron chi connectivity index (χ0n) is 7.10. The molecule has 0 aromatic rings. The number of carboxylic acid groups (broad SMARTS) is 1. The van der Waals surface area contributed by atoms with E-state index in [1.165, 1.54) is 0 Å². The summed E-state index contributed by atoms with van der Waals surface area (Å²) in [4.78, 5) is 21.1. The Balaban J connectivity index is 2.76. The molecule has 1 aliphatic heterocycles. The molecule has 0 amide bonds. The highest BCUT2D eigenvalue weighted by Crippen LogP contribution is 2.28. The highest BCUT2D eigenvalue weighted by molar-refractivity contribution is 5.81. The van der Waals surface area contributed by atoms with Gasteiger partial charge in [0.2, 0.25) is 0 Å². The fourth-order valence-electron chi connectivity index (χ4n) is 1.45. The maximum atomic E-state index is 10.8. The van der Waals surface area contributed by atoms with E-state index in [1.54, 1.807) is 0 Å². The van der Waals surface area contributed by atoms with Gasteiger partial charge in [-0.3, -0.25) is 0 Å². The van der Waals surface area contributed by atoms with Gasteiger partial charge in [-0.1, -0.05) is 0 Å². The fourth-order valence-corrected chi connectivity index (χ4v) is 1.45. The van der Waals surface area contributed by atoms with Gasteiger partial charge in [-0.25, -0.2) is 4.79 Å². The van der Waals surface area contributed by atoms with Gasteiger partial charge in [-0.15, -0.1) is 0 Å². The van der Waals surface area contributed by atoms with Gasteiger partial charge in [-0.2, -0.15) is 0 Å². The van der Waals surface area contributed by atoms with Crippen LogP contribution in [0.3, 0.4) is 0 Å². The Labute approximate surface area is 75.3 Å². The lowest BCUT2D eigenvalue weighted by Gasteiger charge is -2.34. The highest BCUT2D eigenvalue weighted by atomic mass is 16.5. The van der Waals surface area contributed by atoms with Crippen LogP contribution in [-0.2, 0) is 14.3 Å². The quantitative estimate of drug-likeness (QED) is 0.587. The second-order valence-corrected chi connectivity index (χ2v) is 3.17. The minimum Gasteiger partial charge on any atom is -0.479 e. The van der Waals surface area contributed by atoms with Gasteiger partial charge >= 0.3 is 5.97 Å². The zero-order chi connectivity index (χ0) is 9.90. The molecule has 2 atom stereocenters. The first-order valence-electron chi connectivity index (χ1n) is 4.10. The fraction of sp³-hybridized carbons (Fsp3) is 0.750. The number of hydrogen-bond acceptors (Lipinski definition) is 4. The topological polar surface area (TPSA) is 83.8 Å². The summed E-state index contributed by atoms with van der Waals surface area (Å²) in [5.74, 6) is -1.18. The van der Waals surface area contributed by atoms with Crippen LogP contribution in [0.5, 0.6) is 0 Å². The zero-order valence-corrected chi connectivity index (χ0v) is 7.10. The summed E-state index contributed by atoms with van der Waals surface area (Å²) >= 11 is 0. The molecule has 0 spiro atoms. The average molecular weight is 188 g/mol.